The van der Waals surface area contributed by atoms with Gasteiger partial charge in [-0.1, -0.05) is 36.7 Å². The molecule has 0 saturated heterocycles. The third-order valence-electron chi connectivity index (χ3n) is 2.89. The fourth-order valence-corrected chi connectivity index (χ4v) is 2.23. The normalized spacial score (nSPS) is 14.0. The lowest BCUT2D eigenvalue weighted by Gasteiger charge is -2.17. The first-order valence-electron chi connectivity index (χ1n) is 6.08. The molecule has 1 aromatic carbocycles. The number of ether oxygens (including phenoxy) is 1. The predicted molar refractivity (Wildman–Crippen MR) is 73.5 cm³/mol. The van der Waals surface area contributed by atoms with Crippen LogP contribution in [0.4, 0.5) is 0 Å². The van der Waals surface area contributed by atoms with Crippen LogP contribution in [0.15, 0.2) is 24.3 Å². The van der Waals surface area contributed by atoms with Crippen LogP contribution in [0.25, 0.3) is 0 Å². The van der Waals surface area contributed by atoms with E-state index in [1.807, 2.05) is 24.3 Å². The Hall–Kier alpha value is -1.06. The molecule has 4 heteroatoms. The zero-order valence-electron chi connectivity index (χ0n) is 10.9. The van der Waals surface area contributed by atoms with Gasteiger partial charge in [0.15, 0.2) is 0 Å². The summed E-state index contributed by atoms with van der Waals surface area (Å²) >= 11 is 6.11. The fraction of sp³-hybridized carbons (Fsp3) is 0.500. The average Bonchev–Trinajstić information content (AvgIpc) is 2.31. The molecule has 3 nitrogen and oxygen atoms in total. The Bertz CT molecular complexity index is 395. The van der Waals surface area contributed by atoms with E-state index in [2.05, 4.69) is 11.7 Å². The molecule has 2 N–H and O–H groups in total. The van der Waals surface area contributed by atoms with Crippen molar-refractivity contribution in [3.63, 3.8) is 0 Å². The van der Waals surface area contributed by atoms with Gasteiger partial charge in [0.2, 0.25) is 0 Å². The molecule has 2 atom stereocenters. The van der Waals surface area contributed by atoms with Crippen molar-refractivity contribution in [2.24, 2.45) is 11.7 Å². The smallest absolute Gasteiger partial charge is 0.307 e. The van der Waals surface area contributed by atoms with Gasteiger partial charge < -0.3 is 10.5 Å². The number of methoxy groups -OCH3 is 1. The highest BCUT2D eigenvalue weighted by molar-refractivity contribution is 6.31. The molecule has 0 aromatic heterocycles. The zero-order chi connectivity index (χ0) is 13.5. The van der Waals surface area contributed by atoms with Crippen LogP contribution in [0.5, 0.6) is 0 Å². The van der Waals surface area contributed by atoms with Crippen LogP contribution < -0.4 is 5.73 Å². The van der Waals surface area contributed by atoms with Crippen LogP contribution in [0, 0.1) is 5.92 Å². The van der Waals surface area contributed by atoms with E-state index in [1.54, 1.807) is 0 Å². The largest absolute Gasteiger partial charge is 0.469 e. The second-order valence-corrected chi connectivity index (χ2v) is 5.08. The van der Waals surface area contributed by atoms with Gasteiger partial charge in [0, 0.05) is 11.1 Å². The number of hydrogen-bond acceptors (Lipinski definition) is 3. The highest BCUT2D eigenvalue weighted by Gasteiger charge is 2.14. The predicted octanol–water partition coefficient (Wildman–Crippen LogP) is 2.80. The monoisotopic (exact) mass is 269 g/mol. The molecule has 0 amide bonds. The maximum atomic E-state index is 11.1. The summed E-state index contributed by atoms with van der Waals surface area (Å²) in [6.07, 6.45) is 1.91. The molecular formula is C14H20ClNO2. The topological polar surface area (TPSA) is 52.3 Å². The zero-order valence-corrected chi connectivity index (χ0v) is 11.6. The number of rotatable bonds is 6. The molecule has 100 valence electrons. The van der Waals surface area contributed by atoms with Crippen molar-refractivity contribution in [1.29, 1.82) is 0 Å². The van der Waals surface area contributed by atoms with Crippen molar-refractivity contribution >= 4 is 17.6 Å². The summed E-state index contributed by atoms with van der Waals surface area (Å²) < 4.78 is 4.60. The molecule has 1 rings (SSSR count). The van der Waals surface area contributed by atoms with Crippen molar-refractivity contribution < 1.29 is 9.53 Å². The summed E-state index contributed by atoms with van der Waals surface area (Å²) in [6.45, 7) is 2.11. The summed E-state index contributed by atoms with van der Waals surface area (Å²) in [7, 11) is 1.38. The third-order valence-corrected chi connectivity index (χ3v) is 3.26. The Morgan fingerprint density at radius 3 is 2.72 bits per heavy atom. The van der Waals surface area contributed by atoms with E-state index in [0.717, 1.165) is 23.4 Å². The first-order valence-corrected chi connectivity index (χ1v) is 6.46. The minimum Gasteiger partial charge on any atom is -0.469 e. The lowest BCUT2D eigenvalue weighted by atomic mass is 9.93. The highest BCUT2D eigenvalue weighted by Crippen LogP contribution is 2.21. The minimum absolute atomic E-state index is 0.157. The molecule has 0 heterocycles. The Labute approximate surface area is 113 Å². The van der Waals surface area contributed by atoms with Gasteiger partial charge in [-0.05, 0) is 30.4 Å². The van der Waals surface area contributed by atoms with Crippen LogP contribution >= 0.6 is 11.6 Å². The number of halogens is 1. The molecule has 2 unspecified atom stereocenters. The van der Waals surface area contributed by atoms with E-state index in [1.165, 1.54) is 7.11 Å². The lowest BCUT2D eigenvalue weighted by molar-refractivity contribution is -0.141. The summed E-state index contributed by atoms with van der Waals surface area (Å²) in [5.41, 5.74) is 7.03. The van der Waals surface area contributed by atoms with Crippen LogP contribution in [0.3, 0.4) is 0 Å². The van der Waals surface area contributed by atoms with Crippen molar-refractivity contribution in [3.8, 4) is 0 Å². The second-order valence-electron chi connectivity index (χ2n) is 4.68. The maximum Gasteiger partial charge on any atom is 0.307 e. The molecule has 0 aliphatic rings. The van der Waals surface area contributed by atoms with E-state index < -0.39 is 0 Å². The molecule has 0 spiro atoms. The first kappa shape index (κ1) is 15.0. The molecule has 18 heavy (non-hydrogen) atoms. The van der Waals surface area contributed by atoms with Crippen molar-refractivity contribution in [2.45, 2.75) is 32.2 Å². The van der Waals surface area contributed by atoms with Crippen molar-refractivity contribution in [1.82, 2.24) is 0 Å². The Balaban J connectivity index is 2.44. The minimum atomic E-state index is -0.257. The number of esters is 1. The summed E-state index contributed by atoms with van der Waals surface area (Å²) in [5.74, 6) is 0.122. The Morgan fingerprint density at radius 2 is 2.11 bits per heavy atom. The number of hydrogen-bond donors (Lipinski definition) is 1. The van der Waals surface area contributed by atoms with E-state index in [0.29, 0.717) is 5.92 Å². The number of benzene rings is 1. The van der Waals surface area contributed by atoms with Crippen LogP contribution in [-0.2, 0) is 16.0 Å². The summed E-state index contributed by atoms with van der Waals surface area (Å²) in [6, 6.07) is 7.64. The molecule has 0 aliphatic heterocycles. The maximum absolute atomic E-state index is 11.1. The highest BCUT2D eigenvalue weighted by atomic mass is 35.5. The summed E-state index contributed by atoms with van der Waals surface area (Å²) in [5, 5.41) is 0.783. The van der Waals surface area contributed by atoms with Gasteiger partial charge in [-0.25, -0.2) is 0 Å². The Kier molecular flexibility index (Phi) is 6.16. The van der Waals surface area contributed by atoms with E-state index in [-0.39, 0.29) is 18.4 Å². The molecule has 0 bridgehead atoms. The summed E-state index contributed by atoms with van der Waals surface area (Å²) in [4.78, 5) is 11.1. The number of carbonyl (C=O) groups excluding carboxylic acids is 1. The van der Waals surface area contributed by atoms with Gasteiger partial charge in [0.1, 0.15) is 0 Å². The molecule has 0 radical (unpaired) electrons. The van der Waals surface area contributed by atoms with Crippen LogP contribution in [0.2, 0.25) is 5.02 Å². The van der Waals surface area contributed by atoms with Gasteiger partial charge in [-0.15, -0.1) is 0 Å². The first-order chi connectivity index (χ1) is 8.52. The fourth-order valence-electron chi connectivity index (χ4n) is 2.02. The van der Waals surface area contributed by atoms with Gasteiger partial charge in [-0.3, -0.25) is 4.79 Å². The molecule has 1 aromatic rings. The molecule has 0 saturated carbocycles. The van der Waals surface area contributed by atoms with Crippen molar-refractivity contribution in [3.05, 3.63) is 34.9 Å². The van der Waals surface area contributed by atoms with Crippen LogP contribution in [-0.4, -0.2) is 19.1 Å². The van der Waals surface area contributed by atoms with E-state index in [4.69, 9.17) is 17.3 Å². The van der Waals surface area contributed by atoms with Crippen molar-refractivity contribution in [2.75, 3.05) is 7.11 Å². The number of nitrogens with two attached hydrogens (primary N) is 1. The van der Waals surface area contributed by atoms with Gasteiger partial charge in [0.25, 0.3) is 0 Å². The van der Waals surface area contributed by atoms with Crippen LogP contribution in [0.1, 0.15) is 25.3 Å². The SMILES string of the molecule is COC(=O)CC(N)CC(C)Cc1ccccc1Cl. The average molecular weight is 270 g/mol. The van der Waals surface area contributed by atoms with Gasteiger partial charge in [-0.2, -0.15) is 0 Å². The number of carbonyl (C=O) groups is 1. The van der Waals surface area contributed by atoms with E-state index in [9.17, 15) is 4.79 Å². The molecule has 0 fully saturated rings. The third kappa shape index (κ3) is 5.07. The second kappa shape index (κ2) is 7.39. The standard InChI is InChI=1S/C14H20ClNO2/c1-10(8-12(16)9-14(17)18-2)7-11-5-3-4-6-13(11)15/h3-6,10,12H,7-9,16H2,1-2H3. The van der Waals surface area contributed by atoms with E-state index >= 15 is 0 Å². The molecular weight excluding hydrogens is 250 g/mol. The lowest BCUT2D eigenvalue weighted by Crippen LogP contribution is -2.27. The quantitative estimate of drug-likeness (QED) is 0.808. The Morgan fingerprint density at radius 1 is 1.44 bits per heavy atom. The van der Waals surface area contributed by atoms with Gasteiger partial charge in [0.05, 0.1) is 13.5 Å². The molecule has 0 aliphatic carbocycles. The van der Waals surface area contributed by atoms with Gasteiger partial charge >= 0.3 is 5.97 Å².